The van der Waals surface area contributed by atoms with Crippen LogP contribution in [0.5, 0.6) is 0 Å². The van der Waals surface area contributed by atoms with Crippen LogP contribution < -0.4 is 5.32 Å². The lowest BCUT2D eigenvalue weighted by atomic mass is 9.98. The fourth-order valence-corrected chi connectivity index (χ4v) is 2.32. The van der Waals surface area contributed by atoms with E-state index in [1.54, 1.807) is 29.2 Å². The highest BCUT2D eigenvalue weighted by atomic mass is 35.5. The molecule has 1 unspecified atom stereocenters. The molecule has 1 aliphatic rings. The van der Waals surface area contributed by atoms with E-state index in [1.807, 2.05) is 6.92 Å². The molecule has 1 aliphatic heterocycles. The van der Waals surface area contributed by atoms with Crippen molar-refractivity contribution in [3.8, 4) is 0 Å². The second kappa shape index (κ2) is 5.93. The lowest BCUT2D eigenvalue weighted by Gasteiger charge is -2.31. The Morgan fingerprint density at radius 1 is 1.58 bits per heavy atom. The molecule has 0 aliphatic carbocycles. The zero-order valence-corrected chi connectivity index (χ0v) is 11.4. The summed E-state index contributed by atoms with van der Waals surface area (Å²) in [5.74, 6) is 0.0730. The van der Waals surface area contributed by atoms with Crippen molar-refractivity contribution in [3.63, 3.8) is 0 Å². The summed E-state index contributed by atoms with van der Waals surface area (Å²) in [6.45, 7) is 3.04. The first kappa shape index (κ1) is 13.7. The molecule has 6 heteroatoms. The highest BCUT2D eigenvalue weighted by Crippen LogP contribution is 2.18. The Balaban J connectivity index is 1.98. The number of carbonyl (C=O) groups excluding carboxylic acids is 1. The van der Waals surface area contributed by atoms with Crippen LogP contribution in [-0.2, 0) is 0 Å². The third kappa shape index (κ3) is 3.38. The van der Waals surface area contributed by atoms with E-state index in [-0.39, 0.29) is 11.9 Å². The van der Waals surface area contributed by atoms with Gasteiger partial charge in [0, 0.05) is 36.1 Å². The summed E-state index contributed by atoms with van der Waals surface area (Å²) in [6.07, 6.45) is 0.598. The minimum atomic E-state index is -0.161. The third-order valence-corrected chi connectivity index (χ3v) is 3.43. The smallest absolute Gasteiger partial charge is 0.321 e. The van der Waals surface area contributed by atoms with Gasteiger partial charge in [0.1, 0.15) is 0 Å². The Bertz CT molecular complexity index is 504. The van der Waals surface area contributed by atoms with Crippen molar-refractivity contribution in [1.29, 1.82) is 0 Å². The Morgan fingerprint density at radius 2 is 2.37 bits per heavy atom. The van der Waals surface area contributed by atoms with Gasteiger partial charge >= 0.3 is 6.03 Å². The van der Waals surface area contributed by atoms with Crippen LogP contribution in [0.2, 0.25) is 5.02 Å². The summed E-state index contributed by atoms with van der Waals surface area (Å²) in [5.41, 5.74) is 1.42. The summed E-state index contributed by atoms with van der Waals surface area (Å²) in [5, 5.41) is 15.5. The predicted octanol–water partition coefficient (Wildman–Crippen LogP) is 3.04. The molecule has 0 aromatic heterocycles. The first-order valence-electron chi connectivity index (χ1n) is 6.12. The van der Waals surface area contributed by atoms with Gasteiger partial charge in [0.25, 0.3) is 0 Å². The van der Waals surface area contributed by atoms with Crippen molar-refractivity contribution >= 4 is 29.0 Å². The maximum atomic E-state index is 12.1. The van der Waals surface area contributed by atoms with Crippen molar-refractivity contribution in [2.45, 2.75) is 13.3 Å². The summed E-state index contributed by atoms with van der Waals surface area (Å²) < 4.78 is 0. The first-order valence-corrected chi connectivity index (χ1v) is 6.50. The van der Waals surface area contributed by atoms with Crippen LogP contribution in [0.4, 0.5) is 10.5 Å². The van der Waals surface area contributed by atoms with Crippen molar-refractivity contribution < 1.29 is 10.0 Å². The van der Waals surface area contributed by atoms with Crippen LogP contribution in [0, 0.1) is 5.92 Å². The number of piperidine rings is 1. The largest absolute Gasteiger partial charge is 0.411 e. The van der Waals surface area contributed by atoms with Crippen LogP contribution >= 0.6 is 11.6 Å². The quantitative estimate of drug-likeness (QED) is 0.614. The third-order valence-electron chi connectivity index (χ3n) is 3.19. The minimum absolute atomic E-state index is 0.0730. The molecule has 0 bridgehead atoms. The Labute approximate surface area is 116 Å². The lowest BCUT2D eigenvalue weighted by Crippen LogP contribution is -2.45. The Morgan fingerprint density at radius 3 is 3.00 bits per heavy atom. The second-order valence-electron chi connectivity index (χ2n) is 4.63. The van der Waals surface area contributed by atoms with Gasteiger partial charge in [-0.2, -0.15) is 0 Å². The van der Waals surface area contributed by atoms with E-state index in [4.69, 9.17) is 16.8 Å². The van der Waals surface area contributed by atoms with Gasteiger partial charge in [-0.1, -0.05) is 29.7 Å². The summed E-state index contributed by atoms with van der Waals surface area (Å²) in [4.78, 5) is 13.8. The van der Waals surface area contributed by atoms with Crippen LogP contribution in [0.3, 0.4) is 0 Å². The van der Waals surface area contributed by atoms with Gasteiger partial charge in [0.05, 0.1) is 5.71 Å². The average molecular weight is 282 g/mol. The maximum absolute atomic E-state index is 12.1. The second-order valence-corrected chi connectivity index (χ2v) is 5.07. The van der Waals surface area contributed by atoms with Gasteiger partial charge in [0.15, 0.2) is 0 Å². The van der Waals surface area contributed by atoms with E-state index in [1.165, 1.54) is 0 Å². The number of halogens is 1. The van der Waals surface area contributed by atoms with E-state index < -0.39 is 0 Å². The zero-order valence-electron chi connectivity index (χ0n) is 10.6. The number of likely N-dealkylation sites (tertiary alicyclic amines) is 1. The number of hydrogen-bond donors (Lipinski definition) is 2. The summed E-state index contributed by atoms with van der Waals surface area (Å²) in [6, 6.07) is 6.87. The van der Waals surface area contributed by atoms with Crippen LogP contribution in [0.25, 0.3) is 0 Å². The molecule has 1 aromatic carbocycles. The number of carbonyl (C=O) groups is 1. The average Bonchev–Trinajstić information content (AvgIpc) is 2.38. The number of urea groups is 1. The molecule has 102 valence electrons. The molecule has 2 N–H and O–H groups in total. The van der Waals surface area contributed by atoms with E-state index in [2.05, 4.69) is 10.5 Å². The van der Waals surface area contributed by atoms with E-state index in [9.17, 15) is 4.79 Å². The van der Waals surface area contributed by atoms with Crippen LogP contribution in [-0.4, -0.2) is 34.9 Å². The maximum Gasteiger partial charge on any atom is 0.321 e. The van der Waals surface area contributed by atoms with Gasteiger partial charge in [-0.3, -0.25) is 0 Å². The standard InChI is InChI=1S/C13H16ClN3O2/c1-9-8-17(6-5-12(9)16-19)13(18)15-11-4-2-3-10(14)7-11/h2-4,7,9,19H,5-6,8H2,1H3,(H,15,18)/b16-12+. The van der Waals surface area contributed by atoms with E-state index >= 15 is 0 Å². The van der Waals surface area contributed by atoms with Crippen molar-refractivity contribution in [2.75, 3.05) is 18.4 Å². The number of amides is 2. The number of nitrogens with one attached hydrogen (secondary N) is 1. The fraction of sp³-hybridized carbons (Fsp3) is 0.385. The van der Waals surface area contributed by atoms with Crippen molar-refractivity contribution in [2.24, 2.45) is 11.1 Å². The monoisotopic (exact) mass is 281 g/mol. The molecular formula is C13H16ClN3O2. The Kier molecular flexibility index (Phi) is 4.27. The van der Waals surface area contributed by atoms with Gasteiger partial charge in [-0.05, 0) is 18.2 Å². The van der Waals surface area contributed by atoms with Crippen LogP contribution in [0.15, 0.2) is 29.4 Å². The molecule has 1 saturated heterocycles. The lowest BCUT2D eigenvalue weighted by molar-refractivity contribution is 0.203. The minimum Gasteiger partial charge on any atom is -0.411 e. The van der Waals surface area contributed by atoms with Crippen molar-refractivity contribution in [3.05, 3.63) is 29.3 Å². The highest BCUT2D eigenvalue weighted by molar-refractivity contribution is 6.30. The number of anilines is 1. The van der Waals surface area contributed by atoms with Crippen LogP contribution in [0.1, 0.15) is 13.3 Å². The summed E-state index contributed by atoms with van der Waals surface area (Å²) >= 11 is 5.87. The topological polar surface area (TPSA) is 64.9 Å². The molecule has 0 radical (unpaired) electrons. The molecule has 2 amide bonds. The molecule has 1 heterocycles. The first-order chi connectivity index (χ1) is 9.10. The molecule has 1 fully saturated rings. The Hall–Kier alpha value is -1.75. The van der Waals surface area contributed by atoms with Gasteiger partial charge < -0.3 is 15.4 Å². The molecule has 0 spiro atoms. The normalized spacial score (nSPS) is 21.5. The number of rotatable bonds is 1. The predicted molar refractivity (Wildman–Crippen MR) is 75.0 cm³/mol. The molecule has 2 rings (SSSR count). The number of nitrogens with zero attached hydrogens (tertiary/aromatic N) is 2. The van der Waals surface area contributed by atoms with Gasteiger partial charge in [-0.15, -0.1) is 0 Å². The van der Waals surface area contributed by atoms with Gasteiger partial charge in [-0.25, -0.2) is 4.79 Å². The number of hydrogen-bond acceptors (Lipinski definition) is 3. The highest BCUT2D eigenvalue weighted by Gasteiger charge is 2.25. The number of oxime groups is 1. The van der Waals surface area contributed by atoms with Gasteiger partial charge in [0.2, 0.25) is 0 Å². The molecule has 19 heavy (non-hydrogen) atoms. The molecule has 1 atom stereocenters. The molecular weight excluding hydrogens is 266 g/mol. The molecule has 0 saturated carbocycles. The summed E-state index contributed by atoms with van der Waals surface area (Å²) in [7, 11) is 0. The molecule has 1 aromatic rings. The zero-order chi connectivity index (χ0) is 13.8. The molecule has 5 nitrogen and oxygen atoms in total. The number of benzene rings is 1. The fourth-order valence-electron chi connectivity index (χ4n) is 2.12. The SMILES string of the molecule is CC1CN(C(=O)Nc2cccc(Cl)c2)CC/C1=N\O. The van der Waals surface area contributed by atoms with E-state index in [0.29, 0.717) is 30.2 Å². The van der Waals surface area contributed by atoms with Crippen molar-refractivity contribution in [1.82, 2.24) is 4.90 Å². The van der Waals surface area contributed by atoms with E-state index in [0.717, 1.165) is 5.71 Å².